The fourth-order valence-electron chi connectivity index (χ4n) is 2.36. The second-order valence-corrected chi connectivity index (χ2v) is 5.01. The first-order chi connectivity index (χ1) is 10.6. The Morgan fingerprint density at radius 2 is 2.18 bits per heavy atom. The summed E-state index contributed by atoms with van der Waals surface area (Å²) >= 11 is 0. The average Bonchev–Trinajstić information content (AvgIpc) is 3.22. The summed E-state index contributed by atoms with van der Waals surface area (Å²) in [5, 5.41) is 8.05. The number of nitrogens with zero attached hydrogens (tertiary/aromatic N) is 6. The molecule has 116 valence electrons. The van der Waals surface area contributed by atoms with Crippen LogP contribution in [0.25, 0.3) is 5.65 Å². The van der Waals surface area contributed by atoms with E-state index in [-0.39, 0.29) is 5.91 Å². The SMILES string of the molecule is CCc1noc(CN(CC)C(=O)c2cnn3ccn(C)c23)n1. The van der Waals surface area contributed by atoms with Crippen molar-refractivity contribution in [1.82, 2.24) is 29.2 Å². The van der Waals surface area contributed by atoms with Crippen LogP contribution in [0.1, 0.15) is 35.9 Å². The van der Waals surface area contributed by atoms with Gasteiger partial charge in [0.15, 0.2) is 5.82 Å². The molecule has 0 atom stereocenters. The molecule has 3 aromatic rings. The van der Waals surface area contributed by atoms with E-state index in [1.165, 1.54) is 0 Å². The lowest BCUT2D eigenvalue weighted by atomic mass is 10.3. The first kappa shape index (κ1) is 14.3. The Kier molecular flexibility index (Phi) is 3.66. The molecule has 0 saturated carbocycles. The monoisotopic (exact) mass is 302 g/mol. The fraction of sp³-hybridized carbons (Fsp3) is 0.429. The highest BCUT2D eigenvalue weighted by Crippen LogP contribution is 2.15. The van der Waals surface area contributed by atoms with Crippen LogP contribution in [0.2, 0.25) is 0 Å². The molecule has 0 spiro atoms. The van der Waals surface area contributed by atoms with E-state index in [0.717, 1.165) is 5.65 Å². The topological polar surface area (TPSA) is 81.5 Å². The molecule has 0 aliphatic carbocycles. The summed E-state index contributed by atoms with van der Waals surface area (Å²) in [6.07, 6.45) is 5.97. The van der Waals surface area contributed by atoms with Crippen LogP contribution in [0.3, 0.4) is 0 Å². The van der Waals surface area contributed by atoms with Crippen molar-refractivity contribution in [3.05, 3.63) is 35.9 Å². The molecule has 0 N–H and O–H groups in total. The number of hydrogen-bond acceptors (Lipinski definition) is 5. The van der Waals surface area contributed by atoms with Crippen LogP contribution in [-0.2, 0) is 20.0 Å². The molecule has 3 rings (SSSR count). The molecular weight excluding hydrogens is 284 g/mol. The van der Waals surface area contributed by atoms with E-state index in [9.17, 15) is 4.79 Å². The summed E-state index contributed by atoms with van der Waals surface area (Å²) in [7, 11) is 1.88. The second-order valence-electron chi connectivity index (χ2n) is 5.01. The molecule has 0 unspecified atom stereocenters. The van der Waals surface area contributed by atoms with Crippen LogP contribution >= 0.6 is 0 Å². The van der Waals surface area contributed by atoms with E-state index in [1.54, 1.807) is 15.6 Å². The lowest BCUT2D eigenvalue weighted by Crippen LogP contribution is -2.30. The van der Waals surface area contributed by atoms with E-state index in [1.807, 2.05) is 37.9 Å². The molecule has 1 amide bonds. The predicted molar refractivity (Wildman–Crippen MR) is 78.3 cm³/mol. The summed E-state index contributed by atoms with van der Waals surface area (Å²) in [5.74, 6) is 0.992. The summed E-state index contributed by atoms with van der Waals surface area (Å²) in [6, 6.07) is 0. The van der Waals surface area contributed by atoms with Gasteiger partial charge in [-0.3, -0.25) is 4.79 Å². The van der Waals surface area contributed by atoms with Gasteiger partial charge in [0.05, 0.1) is 6.20 Å². The van der Waals surface area contributed by atoms with Gasteiger partial charge >= 0.3 is 0 Å². The molecular formula is C14H18N6O2. The van der Waals surface area contributed by atoms with Gasteiger partial charge in [-0.15, -0.1) is 0 Å². The minimum atomic E-state index is -0.101. The van der Waals surface area contributed by atoms with Crippen LogP contribution in [-0.4, -0.2) is 41.7 Å². The average molecular weight is 302 g/mol. The Morgan fingerprint density at radius 1 is 1.36 bits per heavy atom. The van der Waals surface area contributed by atoms with Gasteiger partial charge in [0.1, 0.15) is 17.8 Å². The summed E-state index contributed by atoms with van der Waals surface area (Å²) in [4.78, 5) is 18.7. The van der Waals surface area contributed by atoms with Gasteiger partial charge < -0.3 is 14.0 Å². The van der Waals surface area contributed by atoms with Crippen molar-refractivity contribution in [3.8, 4) is 0 Å². The van der Waals surface area contributed by atoms with Crippen molar-refractivity contribution >= 4 is 11.6 Å². The van der Waals surface area contributed by atoms with Gasteiger partial charge in [0, 0.05) is 32.4 Å². The van der Waals surface area contributed by atoms with E-state index >= 15 is 0 Å². The standard InChI is InChI=1S/C14H18N6O2/c1-4-11-16-12(22-17-11)9-19(5-2)14(21)10-8-15-20-7-6-18(3)13(10)20/h6-8H,4-5,9H2,1-3H3. The molecule has 3 heterocycles. The first-order valence-corrected chi connectivity index (χ1v) is 7.23. The van der Waals surface area contributed by atoms with Crippen molar-refractivity contribution in [2.75, 3.05) is 6.54 Å². The highest BCUT2D eigenvalue weighted by atomic mass is 16.5. The molecule has 0 fully saturated rings. The van der Waals surface area contributed by atoms with Gasteiger partial charge in [0.2, 0.25) is 5.89 Å². The molecule has 22 heavy (non-hydrogen) atoms. The number of hydrogen-bond donors (Lipinski definition) is 0. The van der Waals surface area contributed by atoms with Crippen LogP contribution < -0.4 is 0 Å². The van der Waals surface area contributed by atoms with Crippen molar-refractivity contribution in [3.63, 3.8) is 0 Å². The largest absolute Gasteiger partial charge is 0.337 e. The summed E-state index contributed by atoms with van der Waals surface area (Å²) in [6.45, 7) is 4.71. The third-order valence-electron chi connectivity index (χ3n) is 3.59. The fourth-order valence-corrected chi connectivity index (χ4v) is 2.36. The molecule has 3 aromatic heterocycles. The highest BCUT2D eigenvalue weighted by Gasteiger charge is 2.22. The predicted octanol–water partition coefficient (Wildman–Crippen LogP) is 1.28. The smallest absolute Gasteiger partial charge is 0.259 e. The second kappa shape index (κ2) is 5.63. The van der Waals surface area contributed by atoms with Crippen molar-refractivity contribution in [2.24, 2.45) is 7.05 Å². The van der Waals surface area contributed by atoms with E-state index in [4.69, 9.17) is 4.52 Å². The number of aromatic nitrogens is 5. The molecule has 0 aromatic carbocycles. The number of fused-ring (bicyclic) bond motifs is 1. The lowest BCUT2D eigenvalue weighted by molar-refractivity contribution is 0.0736. The maximum absolute atomic E-state index is 12.8. The lowest BCUT2D eigenvalue weighted by Gasteiger charge is -2.18. The van der Waals surface area contributed by atoms with Gasteiger partial charge in [-0.25, -0.2) is 4.52 Å². The van der Waals surface area contributed by atoms with Crippen LogP contribution in [0.4, 0.5) is 0 Å². The third-order valence-corrected chi connectivity index (χ3v) is 3.59. The maximum atomic E-state index is 12.8. The Bertz CT molecular complexity index is 799. The third kappa shape index (κ3) is 2.36. The van der Waals surface area contributed by atoms with Crippen molar-refractivity contribution < 1.29 is 9.32 Å². The number of carbonyl (C=O) groups is 1. The van der Waals surface area contributed by atoms with Crippen molar-refractivity contribution in [2.45, 2.75) is 26.8 Å². The van der Waals surface area contributed by atoms with E-state index in [2.05, 4.69) is 15.2 Å². The zero-order valence-electron chi connectivity index (χ0n) is 12.9. The Hall–Kier alpha value is -2.64. The summed E-state index contributed by atoms with van der Waals surface area (Å²) < 4.78 is 8.73. The van der Waals surface area contributed by atoms with E-state index < -0.39 is 0 Å². The minimum absolute atomic E-state index is 0.101. The zero-order valence-corrected chi connectivity index (χ0v) is 12.9. The number of aryl methyl sites for hydroxylation is 2. The Morgan fingerprint density at radius 3 is 2.86 bits per heavy atom. The van der Waals surface area contributed by atoms with E-state index in [0.29, 0.717) is 36.8 Å². The van der Waals surface area contributed by atoms with Gasteiger partial charge in [-0.05, 0) is 6.92 Å². The Labute approximate surface area is 127 Å². The minimum Gasteiger partial charge on any atom is -0.337 e. The molecule has 0 aliphatic heterocycles. The molecule has 0 aliphatic rings. The van der Waals surface area contributed by atoms with Crippen LogP contribution in [0.15, 0.2) is 23.1 Å². The number of imidazole rings is 1. The molecule has 0 saturated heterocycles. The van der Waals surface area contributed by atoms with Gasteiger partial charge in [-0.2, -0.15) is 10.1 Å². The maximum Gasteiger partial charge on any atom is 0.259 e. The first-order valence-electron chi connectivity index (χ1n) is 7.23. The van der Waals surface area contributed by atoms with Crippen LogP contribution in [0.5, 0.6) is 0 Å². The zero-order chi connectivity index (χ0) is 15.7. The highest BCUT2D eigenvalue weighted by molar-refractivity contribution is 5.99. The molecule has 0 bridgehead atoms. The number of rotatable bonds is 5. The summed E-state index contributed by atoms with van der Waals surface area (Å²) in [5.41, 5.74) is 1.33. The Balaban J connectivity index is 1.86. The molecule has 0 radical (unpaired) electrons. The van der Waals surface area contributed by atoms with Gasteiger partial charge in [0.25, 0.3) is 5.91 Å². The van der Waals surface area contributed by atoms with Crippen LogP contribution in [0, 0.1) is 0 Å². The number of amides is 1. The number of carbonyl (C=O) groups excluding carboxylic acids is 1. The molecule has 8 heteroatoms. The quantitative estimate of drug-likeness (QED) is 0.709. The van der Waals surface area contributed by atoms with Crippen molar-refractivity contribution in [1.29, 1.82) is 0 Å². The normalized spacial score (nSPS) is 11.2. The van der Waals surface area contributed by atoms with Gasteiger partial charge in [-0.1, -0.05) is 12.1 Å². The molecule has 8 nitrogen and oxygen atoms in total.